The summed E-state index contributed by atoms with van der Waals surface area (Å²) in [5.74, 6) is -0.805. The molecule has 0 amide bonds. The third-order valence-corrected chi connectivity index (χ3v) is 14.8. The average molecular weight is 1140 g/mol. The van der Waals surface area contributed by atoms with E-state index in [0.717, 1.165) is 103 Å². The van der Waals surface area contributed by atoms with Gasteiger partial charge in [-0.05, 0) is 96.3 Å². The van der Waals surface area contributed by atoms with Crippen molar-refractivity contribution in [1.82, 2.24) is 0 Å². The Morgan fingerprint density at radius 1 is 0.388 bits per heavy atom. The molecular weight excluding hydrogens is 1010 g/mol. The monoisotopic (exact) mass is 1140 g/mol. The molecule has 2 atom stereocenters. The van der Waals surface area contributed by atoms with Crippen molar-refractivity contribution >= 4 is 19.8 Å². The van der Waals surface area contributed by atoms with Crippen molar-refractivity contribution in [2.24, 2.45) is 0 Å². The molecule has 0 saturated carbocycles. The van der Waals surface area contributed by atoms with Crippen molar-refractivity contribution in [1.29, 1.82) is 0 Å². The van der Waals surface area contributed by atoms with E-state index in [-0.39, 0.29) is 32.0 Å². The number of rotatable bonds is 59. The number of likely N-dealkylation sites (N-methyl/N-ethyl adjacent to an activating group) is 1. The molecular formula is C70H123NO8P+. The first-order valence-electron chi connectivity index (χ1n) is 32.6. The first-order valence-corrected chi connectivity index (χ1v) is 34.1. The summed E-state index contributed by atoms with van der Waals surface area (Å²) in [4.78, 5) is 35.7. The van der Waals surface area contributed by atoms with E-state index < -0.39 is 26.5 Å². The molecule has 0 saturated heterocycles. The number of carbonyl (C=O) groups is 2. The van der Waals surface area contributed by atoms with Crippen LogP contribution in [0.2, 0.25) is 0 Å². The molecule has 0 aliphatic rings. The summed E-state index contributed by atoms with van der Waals surface area (Å²) in [6, 6.07) is 0. The number of allylic oxidation sites excluding steroid dienone is 18. The molecule has 0 bridgehead atoms. The van der Waals surface area contributed by atoms with Crippen LogP contribution in [0, 0.1) is 0 Å². The Bertz CT molecular complexity index is 1720. The molecule has 0 aliphatic heterocycles. The zero-order chi connectivity index (χ0) is 58.4. The lowest BCUT2D eigenvalue weighted by Crippen LogP contribution is -2.37. The molecule has 2 unspecified atom stereocenters. The standard InChI is InChI=1S/C70H122NO8P/c1-6-8-10-12-14-16-18-20-22-24-25-26-27-28-29-30-31-32-33-34-35-36-37-38-39-40-41-42-43-44-45-47-49-51-53-55-57-59-61-63-70(73)79-68(67-78-80(74,75)77-65-64-71(3,4)5)66-76-69(72)62-60-58-56-54-52-50-48-46-23-21-19-17-15-13-11-9-7-2/h8-11,14-17,20-23,25-26,28-29,31-32,68H,6-7,12-13,18-19,24,27,30,33-67H2,1-5H3/p+1/b10-8-,11-9-,16-14-,17-15-,22-20-,23-21-,26-25-,29-28-,32-31-. The lowest BCUT2D eigenvalue weighted by molar-refractivity contribution is -0.870. The van der Waals surface area contributed by atoms with E-state index in [1.54, 1.807) is 0 Å². The summed E-state index contributed by atoms with van der Waals surface area (Å²) in [5, 5.41) is 0. The van der Waals surface area contributed by atoms with E-state index in [1.165, 1.54) is 135 Å². The van der Waals surface area contributed by atoms with Crippen LogP contribution in [0.1, 0.15) is 271 Å². The molecule has 0 fully saturated rings. The van der Waals surface area contributed by atoms with Crippen LogP contribution in [0.25, 0.3) is 0 Å². The van der Waals surface area contributed by atoms with Gasteiger partial charge in [0.15, 0.2) is 6.10 Å². The molecule has 460 valence electrons. The van der Waals surface area contributed by atoms with Gasteiger partial charge in [0.2, 0.25) is 0 Å². The number of hydrogen-bond donors (Lipinski definition) is 1. The van der Waals surface area contributed by atoms with Crippen LogP contribution in [-0.2, 0) is 32.7 Å². The highest BCUT2D eigenvalue weighted by atomic mass is 31.2. The smallest absolute Gasteiger partial charge is 0.462 e. The average Bonchev–Trinajstić information content (AvgIpc) is 3.42. The molecule has 0 radical (unpaired) electrons. The van der Waals surface area contributed by atoms with E-state index in [4.69, 9.17) is 18.5 Å². The molecule has 9 nitrogen and oxygen atoms in total. The fourth-order valence-corrected chi connectivity index (χ4v) is 9.60. The summed E-state index contributed by atoms with van der Waals surface area (Å²) in [5.41, 5.74) is 0. The van der Waals surface area contributed by atoms with Crippen LogP contribution < -0.4 is 0 Å². The third kappa shape index (κ3) is 63.8. The summed E-state index contributed by atoms with van der Waals surface area (Å²) >= 11 is 0. The quantitative estimate of drug-likeness (QED) is 0.0211. The summed E-state index contributed by atoms with van der Waals surface area (Å²) < 4.78 is 34.6. The van der Waals surface area contributed by atoms with Crippen molar-refractivity contribution < 1.29 is 42.1 Å². The highest BCUT2D eigenvalue weighted by molar-refractivity contribution is 7.47. The molecule has 80 heavy (non-hydrogen) atoms. The normalized spacial score (nSPS) is 13.9. The number of unbranched alkanes of at least 4 members (excludes halogenated alkanes) is 27. The van der Waals surface area contributed by atoms with Crippen molar-refractivity contribution in [3.63, 3.8) is 0 Å². The van der Waals surface area contributed by atoms with Gasteiger partial charge in [0.05, 0.1) is 27.7 Å². The second-order valence-corrected chi connectivity index (χ2v) is 24.2. The topological polar surface area (TPSA) is 108 Å². The summed E-state index contributed by atoms with van der Waals surface area (Å²) in [6.07, 6.45) is 84.8. The van der Waals surface area contributed by atoms with Gasteiger partial charge in [0.25, 0.3) is 0 Å². The van der Waals surface area contributed by atoms with Crippen LogP contribution in [0.4, 0.5) is 0 Å². The van der Waals surface area contributed by atoms with E-state index >= 15 is 0 Å². The minimum absolute atomic E-state index is 0.0272. The number of nitrogens with zero attached hydrogens (tertiary/aromatic N) is 1. The van der Waals surface area contributed by atoms with Gasteiger partial charge < -0.3 is 18.9 Å². The predicted octanol–water partition coefficient (Wildman–Crippen LogP) is 20.9. The second kappa shape index (κ2) is 60.3. The highest BCUT2D eigenvalue weighted by Crippen LogP contribution is 2.43. The summed E-state index contributed by atoms with van der Waals surface area (Å²) in [7, 11) is 1.47. The SMILES string of the molecule is CC/C=C\C/C=C\C/C=C\C/C=C\C/C=C\C/C=C\CCCCCCCCCCCCCCCCCCCCCCC(=O)OC(COC(=O)CCCCCCCCC/C=C\C/C=C\C/C=C\CC)COP(=O)(O)OCC[N+](C)(C)C. The molecule has 0 aromatic carbocycles. The Hall–Kier alpha value is -3.33. The zero-order valence-corrected chi connectivity index (χ0v) is 53.2. The third-order valence-electron chi connectivity index (χ3n) is 13.8. The molecule has 1 N–H and O–H groups in total. The van der Waals surface area contributed by atoms with Crippen LogP contribution in [0.5, 0.6) is 0 Å². The van der Waals surface area contributed by atoms with Crippen LogP contribution in [-0.4, -0.2) is 74.9 Å². The van der Waals surface area contributed by atoms with E-state index in [2.05, 4.69) is 123 Å². The highest BCUT2D eigenvalue weighted by Gasteiger charge is 2.27. The molecule has 0 aromatic heterocycles. The van der Waals surface area contributed by atoms with Crippen molar-refractivity contribution in [3.8, 4) is 0 Å². The zero-order valence-electron chi connectivity index (χ0n) is 52.3. The number of quaternary nitrogens is 1. The van der Waals surface area contributed by atoms with Crippen LogP contribution in [0.3, 0.4) is 0 Å². The van der Waals surface area contributed by atoms with Gasteiger partial charge in [-0.3, -0.25) is 18.6 Å². The van der Waals surface area contributed by atoms with Crippen molar-refractivity contribution in [2.45, 2.75) is 277 Å². The molecule has 10 heteroatoms. The number of esters is 2. The first kappa shape index (κ1) is 76.7. The van der Waals surface area contributed by atoms with Gasteiger partial charge >= 0.3 is 19.8 Å². The number of hydrogen-bond acceptors (Lipinski definition) is 7. The Morgan fingerprint density at radius 2 is 0.675 bits per heavy atom. The number of phosphoric acid groups is 1. The van der Waals surface area contributed by atoms with Gasteiger partial charge in [0, 0.05) is 12.8 Å². The van der Waals surface area contributed by atoms with Crippen LogP contribution >= 0.6 is 7.82 Å². The number of phosphoric ester groups is 1. The maximum absolute atomic E-state index is 12.8. The fourth-order valence-electron chi connectivity index (χ4n) is 8.86. The van der Waals surface area contributed by atoms with E-state index in [1.807, 2.05) is 21.1 Å². The van der Waals surface area contributed by atoms with Gasteiger partial charge in [-0.1, -0.05) is 271 Å². The van der Waals surface area contributed by atoms with Gasteiger partial charge in [-0.2, -0.15) is 0 Å². The lowest BCUT2D eigenvalue weighted by atomic mass is 10.0. The maximum atomic E-state index is 12.8. The Labute approximate surface area is 493 Å². The van der Waals surface area contributed by atoms with Crippen molar-refractivity contribution in [3.05, 3.63) is 109 Å². The van der Waals surface area contributed by atoms with E-state index in [0.29, 0.717) is 17.4 Å². The largest absolute Gasteiger partial charge is 0.472 e. The number of carbonyl (C=O) groups excluding carboxylic acids is 2. The van der Waals surface area contributed by atoms with E-state index in [9.17, 15) is 19.0 Å². The van der Waals surface area contributed by atoms with Crippen LogP contribution in [0.15, 0.2) is 109 Å². The summed E-state index contributed by atoms with van der Waals surface area (Å²) in [6.45, 7) is 4.21. The first-order chi connectivity index (χ1) is 39.0. The molecule has 0 aliphatic carbocycles. The molecule has 0 aromatic rings. The van der Waals surface area contributed by atoms with Gasteiger partial charge in [-0.25, -0.2) is 4.57 Å². The Kier molecular flexibility index (Phi) is 57.8. The fraction of sp³-hybridized carbons (Fsp3) is 0.714. The maximum Gasteiger partial charge on any atom is 0.472 e. The molecule has 0 rings (SSSR count). The second-order valence-electron chi connectivity index (χ2n) is 22.7. The number of ether oxygens (including phenoxy) is 2. The van der Waals surface area contributed by atoms with Gasteiger partial charge in [-0.15, -0.1) is 0 Å². The Morgan fingerprint density at radius 3 is 1.00 bits per heavy atom. The minimum atomic E-state index is -4.39. The molecule has 0 spiro atoms. The predicted molar refractivity (Wildman–Crippen MR) is 344 cm³/mol. The Balaban J connectivity index is 3.98. The molecule has 0 heterocycles. The van der Waals surface area contributed by atoms with Crippen molar-refractivity contribution in [2.75, 3.05) is 47.5 Å². The minimum Gasteiger partial charge on any atom is -0.462 e. The lowest BCUT2D eigenvalue weighted by Gasteiger charge is -2.24. The van der Waals surface area contributed by atoms with Gasteiger partial charge in [0.1, 0.15) is 19.8 Å².